The number of fused-ring (bicyclic) bond motifs is 1. The highest BCUT2D eigenvalue weighted by atomic mass is 19.4. The predicted molar refractivity (Wildman–Crippen MR) is 132 cm³/mol. The summed E-state index contributed by atoms with van der Waals surface area (Å²) in [6.45, 7) is 1.68. The molecule has 1 atom stereocenters. The molecule has 0 unspecified atom stereocenters. The van der Waals surface area contributed by atoms with Crippen molar-refractivity contribution in [3.05, 3.63) is 65.5 Å². The molecule has 3 aromatic rings. The third-order valence-electron chi connectivity index (χ3n) is 7.66. The lowest BCUT2D eigenvalue weighted by Gasteiger charge is -2.39. The molecule has 0 saturated carbocycles. The van der Waals surface area contributed by atoms with Crippen molar-refractivity contribution >= 4 is 11.7 Å². The highest BCUT2D eigenvalue weighted by molar-refractivity contribution is 5.95. The van der Waals surface area contributed by atoms with Crippen LogP contribution in [-0.2, 0) is 12.6 Å². The lowest BCUT2D eigenvalue weighted by atomic mass is 9.87. The molecule has 5 heterocycles. The van der Waals surface area contributed by atoms with Crippen molar-refractivity contribution in [3.63, 3.8) is 0 Å². The van der Waals surface area contributed by atoms with Gasteiger partial charge in [-0.25, -0.2) is 14.4 Å². The molecule has 0 radical (unpaired) electrons. The van der Waals surface area contributed by atoms with Crippen LogP contribution in [0.25, 0.3) is 11.3 Å². The Hall–Kier alpha value is -3.80. The Kier molecular flexibility index (Phi) is 6.17. The second-order valence-corrected chi connectivity index (χ2v) is 10.3. The van der Waals surface area contributed by atoms with E-state index in [4.69, 9.17) is 4.74 Å². The van der Waals surface area contributed by atoms with Crippen LogP contribution in [0.1, 0.15) is 40.9 Å². The van der Waals surface area contributed by atoms with Gasteiger partial charge in [-0.3, -0.25) is 9.78 Å². The molecule has 1 spiro atoms. The Morgan fingerprint density at radius 3 is 2.49 bits per heavy atom. The molecule has 1 aromatic carbocycles. The van der Waals surface area contributed by atoms with Crippen LogP contribution in [0.3, 0.4) is 0 Å². The number of β-amino-alcohol motifs (C(OH)–C–C–N with tert-alkyl or cyclic N) is 1. The molecule has 3 aliphatic rings. The van der Waals surface area contributed by atoms with E-state index in [1.807, 2.05) is 11.0 Å². The van der Waals surface area contributed by atoms with Gasteiger partial charge in [0, 0.05) is 56.6 Å². The maximum Gasteiger partial charge on any atom is 0.434 e. The molecule has 12 heteroatoms. The zero-order valence-corrected chi connectivity index (χ0v) is 20.8. The third kappa shape index (κ3) is 4.88. The van der Waals surface area contributed by atoms with Crippen molar-refractivity contribution in [1.29, 1.82) is 0 Å². The van der Waals surface area contributed by atoms with Crippen molar-refractivity contribution in [2.45, 2.75) is 43.6 Å². The van der Waals surface area contributed by atoms with E-state index < -0.39 is 35.3 Å². The molecule has 3 aliphatic heterocycles. The Morgan fingerprint density at radius 2 is 1.85 bits per heavy atom. The van der Waals surface area contributed by atoms with Crippen LogP contribution in [0, 0.1) is 5.82 Å². The quantitative estimate of drug-likeness (QED) is 0.502. The Bertz CT molecular complexity index is 1410. The lowest BCUT2D eigenvalue weighted by molar-refractivity contribution is -0.141. The minimum absolute atomic E-state index is 0.0409. The average molecular weight is 544 g/mol. The minimum atomic E-state index is -4.53. The van der Waals surface area contributed by atoms with Gasteiger partial charge in [0.25, 0.3) is 5.91 Å². The van der Waals surface area contributed by atoms with Crippen molar-refractivity contribution < 1.29 is 32.2 Å². The number of carbonyl (C=O) groups excluding carboxylic acids is 1. The SMILES string of the molecule is O=C(c1ccc(-c2cc3c(cn2)OC2(CCN(c4cnc(C(F)(F)F)cn4)CC2)C3)cc1F)N1CC[C@@H](O)C1. The fourth-order valence-corrected chi connectivity index (χ4v) is 5.49. The molecule has 204 valence electrons. The van der Waals surface area contributed by atoms with Crippen LogP contribution in [0.4, 0.5) is 23.4 Å². The minimum Gasteiger partial charge on any atom is -0.485 e. The van der Waals surface area contributed by atoms with Crippen molar-refractivity contribution in [2.75, 3.05) is 31.1 Å². The van der Waals surface area contributed by atoms with Crippen LogP contribution < -0.4 is 9.64 Å². The molecule has 1 amide bonds. The molecule has 6 rings (SSSR count). The number of hydrogen-bond acceptors (Lipinski definition) is 7. The van der Waals surface area contributed by atoms with Gasteiger partial charge in [0.05, 0.1) is 36.0 Å². The number of halogens is 4. The van der Waals surface area contributed by atoms with Crippen LogP contribution in [0.15, 0.2) is 42.9 Å². The number of aliphatic hydroxyl groups is 1. The number of hydrogen-bond donors (Lipinski definition) is 1. The zero-order valence-electron chi connectivity index (χ0n) is 20.8. The molecular weight excluding hydrogens is 518 g/mol. The van der Waals surface area contributed by atoms with Gasteiger partial charge in [-0.15, -0.1) is 0 Å². The van der Waals surface area contributed by atoms with Gasteiger partial charge >= 0.3 is 6.18 Å². The summed E-state index contributed by atoms with van der Waals surface area (Å²) in [5, 5.41) is 9.68. The molecule has 39 heavy (non-hydrogen) atoms. The average Bonchev–Trinajstić information content (AvgIpc) is 3.51. The van der Waals surface area contributed by atoms with Gasteiger partial charge in [-0.05, 0) is 24.6 Å². The molecule has 2 saturated heterocycles. The number of pyridine rings is 1. The number of rotatable bonds is 3. The van der Waals surface area contributed by atoms with Crippen LogP contribution in [-0.4, -0.2) is 68.7 Å². The Labute approximate surface area is 221 Å². The van der Waals surface area contributed by atoms with Crippen molar-refractivity contribution in [3.8, 4) is 17.0 Å². The fraction of sp³-hybridized carbons (Fsp3) is 0.407. The normalized spacial score (nSPS) is 20.3. The molecule has 8 nitrogen and oxygen atoms in total. The topological polar surface area (TPSA) is 91.7 Å². The first-order valence-corrected chi connectivity index (χ1v) is 12.7. The summed E-state index contributed by atoms with van der Waals surface area (Å²) in [6, 6.07) is 6.27. The standard InChI is InChI=1S/C27H25F4N5O3/c28-20-9-16(1-2-19(20)25(38)36-6-3-18(37)15-36)21-10-17-11-26(39-22(17)12-32-21)4-7-35(8-5-26)24-14-33-23(13-34-24)27(29,30)31/h1-2,9-10,12-14,18,37H,3-8,11,15H2/t18-/m1/s1. The maximum absolute atomic E-state index is 14.9. The van der Waals surface area contributed by atoms with Gasteiger partial charge in [0.2, 0.25) is 0 Å². The molecule has 2 aromatic heterocycles. The number of nitrogens with zero attached hydrogens (tertiary/aromatic N) is 5. The number of ether oxygens (including phenoxy) is 1. The van der Waals surface area contributed by atoms with Gasteiger partial charge < -0.3 is 19.6 Å². The summed E-state index contributed by atoms with van der Waals surface area (Å²) in [6.07, 6.45) is 0.781. The number of likely N-dealkylation sites (tertiary alicyclic amines) is 1. The van der Waals surface area contributed by atoms with Crippen molar-refractivity contribution in [1.82, 2.24) is 19.9 Å². The van der Waals surface area contributed by atoms with Crippen LogP contribution >= 0.6 is 0 Å². The van der Waals surface area contributed by atoms with Gasteiger partial charge in [-0.2, -0.15) is 13.2 Å². The molecule has 2 fully saturated rings. The number of aliphatic hydroxyl groups excluding tert-OH is 1. The third-order valence-corrected chi connectivity index (χ3v) is 7.66. The fourth-order valence-electron chi connectivity index (χ4n) is 5.49. The molecule has 1 N–H and O–H groups in total. The second-order valence-electron chi connectivity index (χ2n) is 10.3. The number of aromatic nitrogens is 3. The zero-order chi connectivity index (χ0) is 27.4. The number of benzene rings is 1. The van der Waals surface area contributed by atoms with E-state index in [9.17, 15) is 27.5 Å². The van der Waals surface area contributed by atoms with E-state index in [0.717, 1.165) is 18.0 Å². The van der Waals surface area contributed by atoms with Gasteiger partial charge in [-0.1, -0.05) is 6.07 Å². The van der Waals surface area contributed by atoms with Crippen LogP contribution in [0.2, 0.25) is 0 Å². The summed E-state index contributed by atoms with van der Waals surface area (Å²) < 4.78 is 59.6. The Balaban J connectivity index is 1.13. The van der Waals surface area contributed by atoms with E-state index in [1.54, 1.807) is 12.3 Å². The second kappa shape index (κ2) is 9.44. The lowest BCUT2D eigenvalue weighted by Crippen LogP contribution is -2.47. The predicted octanol–water partition coefficient (Wildman–Crippen LogP) is 3.88. The maximum atomic E-state index is 14.9. The number of alkyl halides is 3. The number of amides is 1. The highest BCUT2D eigenvalue weighted by Crippen LogP contribution is 2.42. The number of anilines is 1. The summed E-state index contributed by atoms with van der Waals surface area (Å²) in [5.74, 6) is -0.0438. The Morgan fingerprint density at radius 1 is 1.05 bits per heavy atom. The highest BCUT2D eigenvalue weighted by Gasteiger charge is 2.43. The first-order valence-electron chi connectivity index (χ1n) is 12.7. The number of carbonyl (C=O) groups is 1. The van der Waals surface area contributed by atoms with Gasteiger partial charge in [0.1, 0.15) is 23.0 Å². The summed E-state index contributed by atoms with van der Waals surface area (Å²) >= 11 is 0. The molecular formula is C27H25F4N5O3. The molecule has 0 bridgehead atoms. The van der Waals surface area contributed by atoms with E-state index in [2.05, 4.69) is 15.0 Å². The van der Waals surface area contributed by atoms with Crippen molar-refractivity contribution in [2.24, 2.45) is 0 Å². The summed E-state index contributed by atoms with van der Waals surface area (Å²) in [4.78, 5) is 27.9. The van der Waals surface area contributed by atoms with E-state index in [-0.39, 0.29) is 12.1 Å². The van der Waals surface area contributed by atoms with Gasteiger partial charge in [0.15, 0.2) is 5.69 Å². The van der Waals surface area contributed by atoms with E-state index >= 15 is 0 Å². The first kappa shape index (κ1) is 25.5. The van der Waals surface area contributed by atoms with E-state index in [0.29, 0.717) is 68.1 Å². The largest absolute Gasteiger partial charge is 0.485 e. The monoisotopic (exact) mass is 543 g/mol. The molecule has 0 aliphatic carbocycles. The smallest absolute Gasteiger partial charge is 0.434 e. The summed E-state index contributed by atoms with van der Waals surface area (Å²) in [5.41, 5.74) is 0.506. The number of piperidine rings is 1. The van der Waals surface area contributed by atoms with Crippen LogP contribution in [0.5, 0.6) is 5.75 Å². The van der Waals surface area contributed by atoms with E-state index in [1.165, 1.54) is 17.0 Å². The first-order chi connectivity index (χ1) is 18.6. The summed E-state index contributed by atoms with van der Waals surface area (Å²) in [7, 11) is 0.